The zero-order valence-electron chi connectivity index (χ0n) is 15.9. The lowest BCUT2D eigenvalue weighted by molar-refractivity contribution is -0.117. The van der Waals surface area contributed by atoms with E-state index in [1.807, 2.05) is 25.1 Å². The van der Waals surface area contributed by atoms with Crippen molar-refractivity contribution in [2.75, 3.05) is 18.9 Å². The van der Waals surface area contributed by atoms with Crippen LogP contribution in [-0.2, 0) is 11.2 Å². The van der Waals surface area contributed by atoms with Crippen LogP contribution in [0.3, 0.4) is 0 Å². The number of amides is 3. The number of hydrogen-bond acceptors (Lipinski definition) is 7. The number of benzene rings is 1. The van der Waals surface area contributed by atoms with Crippen molar-refractivity contribution in [3.8, 4) is 11.5 Å². The second kappa shape index (κ2) is 9.97. The second-order valence-electron chi connectivity index (χ2n) is 6.34. The Morgan fingerprint density at radius 1 is 1.31 bits per heavy atom. The minimum atomic E-state index is -0.626. The van der Waals surface area contributed by atoms with Gasteiger partial charge < -0.3 is 19.8 Å². The summed E-state index contributed by atoms with van der Waals surface area (Å²) >= 11 is 1.06. The van der Waals surface area contributed by atoms with Crippen LogP contribution in [0.2, 0.25) is 0 Å². The van der Waals surface area contributed by atoms with E-state index in [2.05, 4.69) is 20.6 Å². The minimum Gasteiger partial charge on any atom is -0.486 e. The maximum atomic E-state index is 12.0. The first-order valence-electron chi connectivity index (χ1n) is 9.22. The van der Waals surface area contributed by atoms with Crippen LogP contribution in [0.4, 0.5) is 4.79 Å². The number of para-hydroxylation sites is 2. The van der Waals surface area contributed by atoms with E-state index in [1.165, 1.54) is 6.07 Å². The van der Waals surface area contributed by atoms with Gasteiger partial charge >= 0.3 is 6.03 Å². The Labute approximate surface area is 171 Å². The van der Waals surface area contributed by atoms with E-state index in [9.17, 15) is 14.4 Å². The van der Waals surface area contributed by atoms with Crippen molar-refractivity contribution in [1.82, 2.24) is 20.6 Å². The standard InChI is InChI=1S/C19H22N4O5S/c1-2-5-12-8-16(24)23-19(21-12)29-11-17(25)22-18(26)20-9-13-10-27-14-6-3-4-7-15(14)28-13/h3-4,6-8,13H,2,5,9-11H2,1H3,(H,21,23,24)(H2,20,22,25,26)/t13-/m1/s1. The lowest BCUT2D eigenvalue weighted by atomic mass is 10.2. The molecule has 10 heteroatoms. The van der Waals surface area contributed by atoms with Crippen molar-refractivity contribution in [1.29, 1.82) is 0 Å². The predicted molar refractivity (Wildman–Crippen MR) is 107 cm³/mol. The molecule has 0 spiro atoms. The van der Waals surface area contributed by atoms with Gasteiger partial charge in [0.05, 0.1) is 12.3 Å². The number of ether oxygens (including phenoxy) is 2. The fraction of sp³-hybridized carbons (Fsp3) is 0.368. The molecule has 9 nitrogen and oxygen atoms in total. The molecule has 3 rings (SSSR count). The van der Waals surface area contributed by atoms with Gasteiger partial charge in [-0.05, 0) is 18.6 Å². The third-order valence-electron chi connectivity index (χ3n) is 3.93. The molecule has 1 aromatic heterocycles. The van der Waals surface area contributed by atoms with E-state index in [-0.39, 0.29) is 24.0 Å². The molecule has 154 valence electrons. The third-order valence-corrected chi connectivity index (χ3v) is 4.80. The minimum absolute atomic E-state index is 0.0532. The molecule has 2 aromatic rings. The molecule has 1 atom stereocenters. The lowest BCUT2D eigenvalue weighted by Crippen LogP contribution is -2.46. The van der Waals surface area contributed by atoms with Gasteiger partial charge in [-0.15, -0.1) is 0 Å². The summed E-state index contributed by atoms with van der Waals surface area (Å²) in [6.45, 7) is 2.48. The summed E-state index contributed by atoms with van der Waals surface area (Å²) in [5.41, 5.74) is 0.411. The second-order valence-corrected chi connectivity index (χ2v) is 7.30. The number of hydrogen-bond donors (Lipinski definition) is 3. The highest BCUT2D eigenvalue weighted by molar-refractivity contribution is 7.99. The first kappa shape index (κ1) is 20.7. The van der Waals surface area contributed by atoms with E-state index in [1.54, 1.807) is 6.07 Å². The van der Waals surface area contributed by atoms with Crippen LogP contribution in [0.25, 0.3) is 0 Å². The molecule has 0 radical (unpaired) electrons. The largest absolute Gasteiger partial charge is 0.486 e. The molecule has 1 aliphatic rings. The number of carbonyl (C=O) groups is 2. The van der Waals surface area contributed by atoms with E-state index in [4.69, 9.17) is 9.47 Å². The fourth-order valence-corrected chi connectivity index (χ4v) is 3.34. The van der Waals surface area contributed by atoms with Gasteiger partial charge in [-0.1, -0.05) is 37.2 Å². The van der Waals surface area contributed by atoms with Gasteiger partial charge in [0.2, 0.25) is 5.91 Å². The van der Waals surface area contributed by atoms with Crippen LogP contribution in [0.5, 0.6) is 11.5 Å². The van der Waals surface area contributed by atoms with Gasteiger partial charge in [0.25, 0.3) is 5.56 Å². The number of aryl methyl sites for hydroxylation is 1. The summed E-state index contributed by atoms with van der Waals surface area (Å²) in [4.78, 5) is 42.4. The van der Waals surface area contributed by atoms with Gasteiger partial charge in [0.1, 0.15) is 6.61 Å². The van der Waals surface area contributed by atoms with Crippen molar-refractivity contribution < 1.29 is 19.1 Å². The predicted octanol–water partition coefficient (Wildman–Crippen LogP) is 1.48. The summed E-state index contributed by atoms with van der Waals surface area (Å²) in [5.74, 6) is 0.727. The van der Waals surface area contributed by atoms with Crippen LogP contribution in [0.1, 0.15) is 19.0 Å². The number of H-pyrrole nitrogens is 1. The maximum absolute atomic E-state index is 12.0. The average molecular weight is 418 g/mol. The van der Waals surface area contributed by atoms with Crippen LogP contribution in [0.15, 0.2) is 40.3 Å². The van der Waals surface area contributed by atoms with Gasteiger partial charge in [-0.25, -0.2) is 9.78 Å². The topological polar surface area (TPSA) is 122 Å². The Balaban J connectivity index is 1.41. The van der Waals surface area contributed by atoms with E-state index in [0.29, 0.717) is 35.4 Å². The number of nitrogens with one attached hydrogen (secondary N) is 3. The molecular formula is C19H22N4O5S. The average Bonchev–Trinajstić information content (AvgIpc) is 2.70. The van der Waals surface area contributed by atoms with Crippen molar-refractivity contribution in [2.45, 2.75) is 31.0 Å². The Kier molecular flexibility index (Phi) is 7.12. The summed E-state index contributed by atoms with van der Waals surface area (Å²) in [6, 6.07) is 8.10. The van der Waals surface area contributed by atoms with Crippen molar-refractivity contribution in [3.63, 3.8) is 0 Å². The van der Waals surface area contributed by atoms with E-state index < -0.39 is 11.9 Å². The number of urea groups is 1. The first-order valence-corrected chi connectivity index (χ1v) is 10.2. The maximum Gasteiger partial charge on any atom is 0.321 e. The normalized spacial score (nSPS) is 14.9. The molecular weight excluding hydrogens is 396 g/mol. The van der Waals surface area contributed by atoms with Crippen molar-refractivity contribution >= 4 is 23.7 Å². The number of aromatic nitrogens is 2. The number of rotatable bonds is 7. The van der Waals surface area contributed by atoms with Crippen molar-refractivity contribution in [3.05, 3.63) is 46.4 Å². The monoisotopic (exact) mass is 418 g/mol. The number of carbonyl (C=O) groups excluding carboxylic acids is 2. The zero-order chi connectivity index (χ0) is 20.6. The highest BCUT2D eigenvalue weighted by Gasteiger charge is 2.21. The number of imide groups is 1. The van der Waals surface area contributed by atoms with Crippen LogP contribution >= 0.6 is 11.8 Å². The number of thioether (sulfide) groups is 1. The highest BCUT2D eigenvalue weighted by atomic mass is 32.2. The Morgan fingerprint density at radius 3 is 2.90 bits per heavy atom. The number of aromatic amines is 1. The SMILES string of the molecule is CCCc1cc(=O)[nH]c(SCC(=O)NC(=O)NC[C@@H]2COc3ccccc3O2)n1. The molecule has 2 heterocycles. The lowest BCUT2D eigenvalue weighted by Gasteiger charge is -2.26. The molecule has 29 heavy (non-hydrogen) atoms. The van der Waals surface area contributed by atoms with Crippen LogP contribution in [-0.4, -0.2) is 46.9 Å². The molecule has 0 saturated carbocycles. The van der Waals surface area contributed by atoms with Crippen LogP contribution in [0, 0.1) is 0 Å². The molecule has 0 unspecified atom stereocenters. The van der Waals surface area contributed by atoms with Gasteiger partial charge in [-0.3, -0.25) is 14.9 Å². The number of nitrogens with zero attached hydrogens (tertiary/aromatic N) is 1. The zero-order valence-corrected chi connectivity index (χ0v) is 16.7. The molecule has 1 aliphatic heterocycles. The molecule has 1 aromatic carbocycles. The molecule has 3 N–H and O–H groups in total. The molecule has 0 saturated heterocycles. The highest BCUT2D eigenvalue weighted by Crippen LogP contribution is 2.30. The third kappa shape index (κ3) is 6.24. The van der Waals surface area contributed by atoms with E-state index in [0.717, 1.165) is 18.2 Å². The number of fused-ring (bicyclic) bond motifs is 1. The van der Waals surface area contributed by atoms with E-state index >= 15 is 0 Å². The Morgan fingerprint density at radius 2 is 2.10 bits per heavy atom. The quantitative estimate of drug-likeness (QED) is 0.460. The summed E-state index contributed by atoms with van der Waals surface area (Å²) < 4.78 is 11.3. The van der Waals surface area contributed by atoms with Gasteiger partial charge in [-0.2, -0.15) is 0 Å². The smallest absolute Gasteiger partial charge is 0.321 e. The fourth-order valence-electron chi connectivity index (χ4n) is 2.65. The van der Waals surface area contributed by atoms with Crippen molar-refractivity contribution in [2.24, 2.45) is 0 Å². The summed E-state index contributed by atoms with van der Waals surface area (Å²) in [5, 5.41) is 5.18. The molecule has 0 aliphatic carbocycles. The summed E-state index contributed by atoms with van der Waals surface area (Å²) in [7, 11) is 0. The Bertz CT molecular complexity index is 933. The van der Waals surface area contributed by atoms with Gasteiger partial charge in [0, 0.05) is 11.8 Å². The molecule has 3 amide bonds. The molecule has 0 bridgehead atoms. The van der Waals surface area contributed by atoms with Crippen LogP contribution < -0.4 is 25.7 Å². The van der Waals surface area contributed by atoms with Gasteiger partial charge in [0.15, 0.2) is 22.8 Å². The first-order chi connectivity index (χ1) is 14.0. The molecule has 0 fully saturated rings. The summed E-state index contributed by atoms with van der Waals surface area (Å²) in [6.07, 6.45) is 1.20. The Hall–Kier alpha value is -3.01.